The Bertz CT molecular complexity index is 632. The summed E-state index contributed by atoms with van der Waals surface area (Å²) in [4.78, 5) is 11.2. The van der Waals surface area contributed by atoms with E-state index >= 15 is 0 Å². The molecule has 0 saturated carbocycles. The van der Waals surface area contributed by atoms with Gasteiger partial charge in [0.15, 0.2) is 5.69 Å². The van der Waals surface area contributed by atoms with Crippen molar-refractivity contribution >= 4 is 5.97 Å². The summed E-state index contributed by atoms with van der Waals surface area (Å²) in [5, 5.41) is 22.3. The van der Waals surface area contributed by atoms with Crippen LogP contribution in [0.4, 0.5) is 0 Å². The Labute approximate surface area is 117 Å². The third-order valence-electron chi connectivity index (χ3n) is 3.42. The smallest absolute Gasteiger partial charge is 0.356 e. The van der Waals surface area contributed by atoms with E-state index in [1.54, 1.807) is 10.9 Å². The van der Waals surface area contributed by atoms with Crippen LogP contribution in [0.5, 0.6) is 0 Å². The number of aliphatic hydroxyl groups is 1. The molecule has 5 heteroatoms. The second-order valence-corrected chi connectivity index (χ2v) is 4.80. The molecule has 2 aromatic rings. The van der Waals surface area contributed by atoms with Crippen molar-refractivity contribution in [3.63, 3.8) is 0 Å². The molecule has 0 spiro atoms. The number of rotatable bonds is 5. The van der Waals surface area contributed by atoms with Crippen LogP contribution in [-0.4, -0.2) is 32.6 Å². The number of carbonyl (C=O) groups is 1. The SMILES string of the molecule is Cc1cccc(-n2cc(CCCO)c(C(=O)O)n2)c1C. The van der Waals surface area contributed by atoms with Crippen molar-refractivity contribution in [2.75, 3.05) is 6.61 Å². The molecule has 0 aliphatic heterocycles. The molecule has 0 saturated heterocycles. The van der Waals surface area contributed by atoms with E-state index in [1.165, 1.54) is 0 Å². The average Bonchev–Trinajstić information content (AvgIpc) is 2.83. The highest BCUT2D eigenvalue weighted by Gasteiger charge is 2.17. The molecule has 5 nitrogen and oxygen atoms in total. The topological polar surface area (TPSA) is 75.4 Å². The molecule has 0 atom stereocenters. The van der Waals surface area contributed by atoms with Gasteiger partial charge in [-0.3, -0.25) is 0 Å². The highest BCUT2D eigenvalue weighted by atomic mass is 16.4. The Morgan fingerprint density at radius 1 is 1.35 bits per heavy atom. The second-order valence-electron chi connectivity index (χ2n) is 4.80. The van der Waals surface area contributed by atoms with Gasteiger partial charge in [-0.15, -0.1) is 0 Å². The Kier molecular flexibility index (Phi) is 4.20. The number of aromatic carboxylic acids is 1. The predicted molar refractivity (Wildman–Crippen MR) is 75.4 cm³/mol. The number of carboxylic acids is 1. The van der Waals surface area contributed by atoms with Crippen LogP contribution in [0.1, 0.15) is 33.6 Å². The molecule has 0 unspecified atom stereocenters. The molecular weight excluding hydrogens is 256 g/mol. The number of hydrogen-bond acceptors (Lipinski definition) is 3. The fraction of sp³-hybridized carbons (Fsp3) is 0.333. The minimum atomic E-state index is -1.04. The van der Waals surface area contributed by atoms with Gasteiger partial charge >= 0.3 is 5.97 Å². The van der Waals surface area contributed by atoms with Crippen LogP contribution in [-0.2, 0) is 6.42 Å². The summed E-state index contributed by atoms with van der Waals surface area (Å²) in [6.45, 7) is 4.03. The molecule has 0 aliphatic carbocycles. The largest absolute Gasteiger partial charge is 0.476 e. The van der Waals surface area contributed by atoms with Crippen molar-refractivity contribution in [2.24, 2.45) is 0 Å². The van der Waals surface area contributed by atoms with Crippen molar-refractivity contribution in [1.82, 2.24) is 9.78 Å². The molecule has 0 radical (unpaired) electrons. The van der Waals surface area contributed by atoms with Gasteiger partial charge in [0.2, 0.25) is 0 Å². The summed E-state index contributed by atoms with van der Waals surface area (Å²) in [5.41, 5.74) is 3.78. The number of hydrogen-bond donors (Lipinski definition) is 2. The monoisotopic (exact) mass is 274 g/mol. The van der Waals surface area contributed by atoms with Crippen molar-refractivity contribution in [2.45, 2.75) is 26.7 Å². The first-order chi connectivity index (χ1) is 9.54. The summed E-state index contributed by atoms with van der Waals surface area (Å²) >= 11 is 0. The van der Waals surface area contributed by atoms with Crippen LogP contribution in [0.2, 0.25) is 0 Å². The fourth-order valence-electron chi connectivity index (χ4n) is 2.15. The molecule has 2 rings (SSSR count). The van der Waals surface area contributed by atoms with Gasteiger partial charge in [0.05, 0.1) is 5.69 Å². The molecule has 1 heterocycles. The van der Waals surface area contributed by atoms with Gasteiger partial charge in [0.1, 0.15) is 0 Å². The van der Waals surface area contributed by atoms with E-state index in [9.17, 15) is 9.90 Å². The number of aliphatic hydroxyl groups excluding tert-OH is 1. The molecule has 0 amide bonds. The maximum Gasteiger partial charge on any atom is 0.356 e. The Morgan fingerprint density at radius 2 is 2.10 bits per heavy atom. The molecule has 0 bridgehead atoms. The lowest BCUT2D eigenvalue weighted by Gasteiger charge is -2.07. The lowest BCUT2D eigenvalue weighted by molar-refractivity contribution is 0.0688. The van der Waals surface area contributed by atoms with E-state index in [4.69, 9.17) is 5.11 Å². The number of benzene rings is 1. The highest BCUT2D eigenvalue weighted by Crippen LogP contribution is 2.19. The summed E-state index contributed by atoms with van der Waals surface area (Å²) in [5.74, 6) is -1.04. The van der Waals surface area contributed by atoms with Crippen LogP contribution in [0.15, 0.2) is 24.4 Å². The molecule has 0 aliphatic rings. The summed E-state index contributed by atoms with van der Waals surface area (Å²) in [7, 11) is 0. The number of aromatic nitrogens is 2. The molecule has 106 valence electrons. The van der Waals surface area contributed by atoms with Gasteiger partial charge in [-0.1, -0.05) is 12.1 Å². The highest BCUT2D eigenvalue weighted by molar-refractivity contribution is 5.87. The minimum Gasteiger partial charge on any atom is -0.476 e. The number of nitrogens with zero attached hydrogens (tertiary/aromatic N) is 2. The molecule has 0 fully saturated rings. The quantitative estimate of drug-likeness (QED) is 0.875. The van der Waals surface area contributed by atoms with E-state index in [0.717, 1.165) is 16.8 Å². The Balaban J connectivity index is 2.47. The molecule has 2 N–H and O–H groups in total. The van der Waals surface area contributed by atoms with Crippen molar-refractivity contribution in [3.8, 4) is 5.69 Å². The average molecular weight is 274 g/mol. The number of aryl methyl sites for hydroxylation is 2. The van der Waals surface area contributed by atoms with Crippen molar-refractivity contribution < 1.29 is 15.0 Å². The summed E-state index contributed by atoms with van der Waals surface area (Å²) < 4.78 is 1.61. The molecule has 20 heavy (non-hydrogen) atoms. The van der Waals surface area contributed by atoms with E-state index in [-0.39, 0.29) is 12.3 Å². The number of carboxylic acid groups (broad SMARTS) is 1. The zero-order valence-electron chi connectivity index (χ0n) is 11.6. The van der Waals surface area contributed by atoms with Gasteiger partial charge < -0.3 is 10.2 Å². The standard InChI is InChI=1S/C15H18N2O3/c1-10-5-3-7-13(11(10)2)17-9-12(6-4-8-18)14(16-17)15(19)20/h3,5,7,9,18H,4,6,8H2,1-2H3,(H,19,20). The third-order valence-corrected chi connectivity index (χ3v) is 3.42. The lowest BCUT2D eigenvalue weighted by atomic mass is 10.1. The van der Waals surface area contributed by atoms with Crippen molar-refractivity contribution in [3.05, 3.63) is 46.8 Å². The first-order valence-electron chi connectivity index (χ1n) is 6.54. The van der Waals surface area contributed by atoms with E-state index in [1.807, 2.05) is 32.0 Å². The van der Waals surface area contributed by atoms with Crippen molar-refractivity contribution in [1.29, 1.82) is 0 Å². The predicted octanol–water partition coefficient (Wildman–Crippen LogP) is 2.11. The van der Waals surface area contributed by atoms with Crippen LogP contribution >= 0.6 is 0 Å². The molecule has 1 aromatic carbocycles. The normalized spacial score (nSPS) is 10.8. The van der Waals surface area contributed by atoms with Gasteiger partial charge in [-0.25, -0.2) is 9.48 Å². The maximum atomic E-state index is 11.2. The van der Waals surface area contributed by atoms with Crippen LogP contribution in [0.25, 0.3) is 5.69 Å². The molecular formula is C15H18N2O3. The first kappa shape index (κ1) is 14.3. The van der Waals surface area contributed by atoms with Crippen LogP contribution < -0.4 is 0 Å². The lowest BCUT2D eigenvalue weighted by Crippen LogP contribution is -2.04. The van der Waals surface area contributed by atoms with Gasteiger partial charge in [-0.05, 0) is 43.9 Å². The van der Waals surface area contributed by atoms with Gasteiger partial charge in [0, 0.05) is 18.4 Å². The summed E-state index contributed by atoms with van der Waals surface area (Å²) in [6.07, 6.45) is 2.77. The minimum absolute atomic E-state index is 0.0354. The van der Waals surface area contributed by atoms with E-state index < -0.39 is 5.97 Å². The Morgan fingerprint density at radius 3 is 2.75 bits per heavy atom. The van der Waals surface area contributed by atoms with Gasteiger partial charge in [-0.2, -0.15) is 5.10 Å². The Hall–Kier alpha value is -2.14. The molecule has 1 aromatic heterocycles. The maximum absolute atomic E-state index is 11.2. The first-order valence-corrected chi connectivity index (χ1v) is 6.54. The van der Waals surface area contributed by atoms with Crippen LogP contribution in [0, 0.1) is 13.8 Å². The third kappa shape index (κ3) is 2.72. The fourth-order valence-corrected chi connectivity index (χ4v) is 2.15. The zero-order valence-corrected chi connectivity index (χ0v) is 11.6. The second kappa shape index (κ2) is 5.88. The summed E-state index contributed by atoms with van der Waals surface area (Å²) in [6, 6.07) is 5.84. The zero-order chi connectivity index (χ0) is 14.7. The van der Waals surface area contributed by atoms with E-state index in [2.05, 4.69) is 5.10 Å². The van der Waals surface area contributed by atoms with Gasteiger partial charge in [0.25, 0.3) is 0 Å². The van der Waals surface area contributed by atoms with Crippen LogP contribution in [0.3, 0.4) is 0 Å². The van der Waals surface area contributed by atoms with E-state index in [0.29, 0.717) is 18.4 Å².